The molecule has 0 heterocycles. The molecule has 3 fully saturated rings. The van der Waals surface area contributed by atoms with Gasteiger partial charge in [-0.25, -0.2) is 0 Å². The Morgan fingerprint density at radius 2 is 1.95 bits per heavy atom. The van der Waals surface area contributed by atoms with Crippen molar-refractivity contribution in [2.24, 2.45) is 17.3 Å². The third kappa shape index (κ3) is 2.36. The first kappa shape index (κ1) is 13.6. The zero-order valence-electron chi connectivity index (χ0n) is 11.4. The molecule has 3 atom stereocenters. The number of hydrogen-bond acceptors (Lipinski definition) is 2. The van der Waals surface area contributed by atoms with E-state index in [4.69, 9.17) is 0 Å². The lowest BCUT2D eigenvalue weighted by Gasteiger charge is -2.59. The highest BCUT2D eigenvalue weighted by atomic mass is 79.9. The summed E-state index contributed by atoms with van der Waals surface area (Å²) in [5.74, 6) is 1.61. The fraction of sp³-hybridized carbons (Fsp3) is 0.500. The second kappa shape index (κ2) is 4.85. The van der Waals surface area contributed by atoms with Crippen LogP contribution >= 0.6 is 27.9 Å². The fourth-order valence-electron chi connectivity index (χ4n) is 3.46. The molecule has 19 heavy (non-hydrogen) atoms. The maximum Gasteiger partial charge on any atom is 0.0458 e. The first-order valence-electron chi connectivity index (χ1n) is 6.84. The lowest BCUT2D eigenvalue weighted by Crippen LogP contribution is -2.52. The largest absolute Gasteiger partial charge is 0.329 e. The van der Waals surface area contributed by atoms with E-state index in [0.29, 0.717) is 10.7 Å². The highest BCUT2D eigenvalue weighted by Gasteiger charge is 2.54. The van der Waals surface area contributed by atoms with Crippen LogP contribution in [-0.4, -0.2) is 5.25 Å². The number of hydrogen-bond donors (Lipinski definition) is 1. The van der Waals surface area contributed by atoms with Crippen LogP contribution in [0.2, 0.25) is 0 Å². The van der Waals surface area contributed by atoms with E-state index in [1.807, 2.05) is 11.9 Å². The van der Waals surface area contributed by atoms with Crippen LogP contribution in [0.4, 0.5) is 5.69 Å². The molecule has 1 aromatic rings. The molecule has 0 spiro atoms. The van der Waals surface area contributed by atoms with E-state index in [2.05, 4.69) is 65.3 Å². The van der Waals surface area contributed by atoms with Gasteiger partial charge < -0.3 is 4.72 Å². The Morgan fingerprint density at radius 1 is 1.26 bits per heavy atom. The van der Waals surface area contributed by atoms with Gasteiger partial charge in [-0.1, -0.05) is 41.9 Å². The minimum absolute atomic E-state index is 0.492. The molecule has 1 aromatic carbocycles. The van der Waals surface area contributed by atoms with Gasteiger partial charge in [-0.15, -0.1) is 0 Å². The fourth-order valence-corrected chi connectivity index (χ4v) is 4.78. The Balaban J connectivity index is 1.60. The van der Waals surface area contributed by atoms with Crippen molar-refractivity contribution in [1.29, 1.82) is 0 Å². The molecular weight excluding hydrogens is 318 g/mol. The quantitative estimate of drug-likeness (QED) is 0.577. The molecule has 2 bridgehead atoms. The monoisotopic (exact) mass is 337 g/mol. The summed E-state index contributed by atoms with van der Waals surface area (Å²) in [6, 6.07) is 8.35. The van der Waals surface area contributed by atoms with Gasteiger partial charge in [-0.05, 0) is 66.3 Å². The van der Waals surface area contributed by atoms with Gasteiger partial charge >= 0.3 is 0 Å². The molecule has 3 aliphatic carbocycles. The van der Waals surface area contributed by atoms with Crippen molar-refractivity contribution in [2.45, 2.75) is 31.9 Å². The normalized spacial score (nSPS) is 31.7. The van der Waals surface area contributed by atoms with Crippen LogP contribution in [0.25, 0.3) is 0 Å². The molecule has 0 radical (unpaired) electrons. The van der Waals surface area contributed by atoms with Crippen LogP contribution in [0.5, 0.6) is 0 Å². The van der Waals surface area contributed by atoms with E-state index >= 15 is 0 Å². The summed E-state index contributed by atoms with van der Waals surface area (Å²) in [6.07, 6.45) is 2.64. The Hall–Kier alpha value is -0.410. The van der Waals surface area contributed by atoms with E-state index in [0.717, 1.165) is 16.3 Å². The number of halogens is 1. The molecule has 0 aromatic heterocycles. The molecule has 0 saturated heterocycles. The number of benzene rings is 1. The van der Waals surface area contributed by atoms with Gasteiger partial charge in [0.15, 0.2) is 0 Å². The number of nitrogens with one attached hydrogen (secondary N) is 1. The summed E-state index contributed by atoms with van der Waals surface area (Å²) in [6.45, 7) is 9.17. The first-order valence-corrected chi connectivity index (χ1v) is 8.51. The van der Waals surface area contributed by atoms with Gasteiger partial charge in [0.1, 0.15) is 0 Å². The highest BCUT2D eigenvalue weighted by molar-refractivity contribution is 9.10. The van der Waals surface area contributed by atoms with Gasteiger partial charge in [-0.3, -0.25) is 0 Å². The molecule has 102 valence electrons. The maximum atomic E-state index is 4.37. The van der Waals surface area contributed by atoms with E-state index in [-0.39, 0.29) is 0 Å². The molecule has 1 nitrogen and oxygen atoms in total. The highest BCUT2D eigenvalue weighted by Crippen LogP contribution is 2.62. The summed E-state index contributed by atoms with van der Waals surface area (Å²) < 4.78 is 4.59. The molecular formula is C16H20BrNS. The molecule has 1 N–H and O–H groups in total. The maximum absolute atomic E-state index is 4.37. The van der Waals surface area contributed by atoms with E-state index < -0.39 is 0 Å². The van der Waals surface area contributed by atoms with Crippen molar-refractivity contribution in [1.82, 2.24) is 0 Å². The van der Waals surface area contributed by atoms with Crippen molar-refractivity contribution >= 4 is 33.6 Å². The predicted octanol–water partition coefficient (Wildman–Crippen LogP) is 5.50. The standard InChI is InChI=1S/C16H20BrNS/c1-10-14-8-11(16(14,2)3)9-15(10)19-18-13-6-4-12(17)5-7-13/h4-7,11,14-15,18H,1,8-9H2,2-3H3. The SMILES string of the molecule is C=C1C(SNc2ccc(Br)cc2)CC2CC1C2(C)C. The number of anilines is 1. The van der Waals surface area contributed by atoms with Gasteiger partial charge in [0.2, 0.25) is 0 Å². The Labute approximate surface area is 128 Å². The summed E-state index contributed by atoms with van der Waals surface area (Å²) in [5, 5.41) is 0.570. The summed E-state index contributed by atoms with van der Waals surface area (Å²) in [7, 11) is 0. The van der Waals surface area contributed by atoms with Crippen molar-refractivity contribution < 1.29 is 0 Å². The van der Waals surface area contributed by atoms with Gasteiger partial charge in [0, 0.05) is 15.4 Å². The van der Waals surface area contributed by atoms with Gasteiger partial charge in [0.05, 0.1) is 0 Å². The van der Waals surface area contributed by atoms with E-state index in [1.54, 1.807) is 0 Å². The van der Waals surface area contributed by atoms with Crippen molar-refractivity contribution in [3.63, 3.8) is 0 Å². The third-order valence-corrected chi connectivity index (χ3v) is 6.66. The molecule has 3 saturated carbocycles. The lowest BCUT2D eigenvalue weighted by molar-refractivity contribution is -0.0249. The van der Waals surface area contributed by atoms with Crippen LogP contribution in [0.15, 0.2) is 40.9 Å². The molecule has 3 heteroatoms. The third-order valence-electron chi connectivity index (χ3n) is 4.99. The van der Waals surface area contributed by atoms with Crippen LogP contribution in [0, 0.1) is 17.3 Å². The van der Waals surface area contributed by atoms with Crippen LogP contribution in [0.3, 0.4) is 0 Å². The summed E-state index contributed by atoms with van der Waals surface area (Å²) in [4.78, 5) is 0. The average Bonchev–Trinajstić information content (AvgIpc) is 2.38. The molecule has 3 aliphatic rings. The number of rotatable bonds is 3. The molecule has 0 amide bonds. The average molecular weight is 338 g/mol. The molecule has 3 unspecified atom stereocenters. The Kier molecular flexibility index (Phi) is 3.46. The van der Waals surface area contributed by atoms with Crippen molar-refractivity contribution in [3.05, 3.63) is 40.9 Å². The Morgan fingerprint density at radius 3 is 2.53 bits per heavy atom. The van der Waals surface area contributed by atoms with Crippen molar-refractivity contribution in [2.75, 3.05) is 4.72 Å². The Bertz CT molecular complexity index is 494. The first-order chi connectivity index (χ1) is 8.98. The summed E-state index contributed by atoms with van der Waals surface area (Å²) >= 11 is 5.29. The van der Waals surface area contributed by atoms with Gasteiger partial charge in [0.25, 0.3) is 0 Å². The van der Waals surface area contributed by atoms with Gasteiger partial charge in [-0.2, -0.15) is 0 Å². The van der Waals surface area contributed by atoms with E-state index in [9.17, 15) is 0 Å². The predicted molar refractivity (Wildman–Crippen MR) is 88.3 cm³/mol. The smallest absolute Gasteiger partial charge is 0.0458 e. The summed E-state index contributed by atoms with van der Waals surface area (Å²) in [5.41, 5.74) is 3.10. The van der Waals surface area contributed by atoms with Crippen LogP contribution in [0.1, 0.15) is 26.7 Å². The minimum Gasteiger partial charge on any atom is -0.329 e. The zero-order chi connectivity index (χ0) is 13.6. The van der Waals surface area contributed by atoms with Crippen LogP contribution in [-0.2, 0) is 0 Å². The number of fused-ring (bicyclic) bond motifs is 2. The minimum atomic E-state index is 0.492. The topological polar surface area (TPSA) is 12.0 Å². The second-order valence-corrected chi connectivity index (χ2v) is 8.26. The zero-order valence-corrected chi connectivity index (χ0v) is 13.9. The molecule has 4 rings (SSSR count). The second-order valence-electron chi connectivity index (χ2n) is 6.33. The van der Waals surface area contributed by atoms with Crippen LogP contribution < -0.4 is 4.72 Å². The molecule has 0 aliphatic heterocycles. The van der Waals surface area contributed by atoms with Crippen molar-refractivity contribution in [3.8, 4) is 0 Å². The van der Waals surface area contributed by atoms with E-state index in [1.165, 1.54) is 24.1 Å². The lowest BCUT2D eigenvalue weighted by atomic mass is 9.47.